The quantitative estimate of drug-likeness (QED) is 0.265. The molecule has 5 nitrogen and oxygen atoms in total. The van der Waals surface area contributed by atoms with Crippen LogP contribution in [-0.4, -0.2) is 27.0 Å². The van der Waals surface area contributed by atoms with Crippen LogP contribution in [0.15, 0.2) is 78.0 Å². The van der Waals surface area contributed by atoms with Gasteiger partial charge in [0, 0.05) is 22.4 Å². The summed E-state index contributed by atoms with van der Waals surface area (Å²) in [5.41, 5.74) is 4.17. The number of carbonyl (C=O) groups is 2. The SMILES string of the molecule is CCc1ccc(N2C(=O)CC(Sc3nc(-c4ccccc4)c4cc(Cl)ccc4n3)C2=O)cc1. The van der Waals surface area contributed by atoms with Gasteiger partial charge < -0.3 is 0 Å². The number of benzene rings is 3. The highest BCUT2D eigenvalue weighted by atomic mass is 35.5. The standard InChI is InChI=1S/C26H20ClN3O2S/c1-2-16-8-11-19(12-9-16)30-23(31)15-22(25(30)32)33-26-28-21-13-10-18(27)14-20(21)24(29-26)17-6-4-3-5-7-17/h3-14,22H,2,15H2,1H3. The van der Waals surface area contributed by atoms with Crippen molar-refractivity contribution < 1.29 is 9.59 Å². The Morgan fingerprint density at radius 1 is 1.00 bits per heavy atom. The molecule has 1 aliphatic heterocycles. The van der Waals surface area contributed by atoms with Gasteiger partial charge in [0.15, 0.2) is 5.16 Å². The van der Waals surface area contributed by atoms with Gasteiger partial charge in [-0.2, -0.15) is 0 Å². The minimum atomic E-state index is -0.572. The molecule has 0 radical (unpaired) electrons. The van der Waals surface area contributed by atoms with Gasteiger partial charge in [-0.15, -0.1) is 0 Å². The number of rotatable bonds is 5. The van der Waals surface area contributed by atoms with Gasteiger partial charge in [-0.1, -0.05) is 72.8 Å². The van der Waals surface area contributed by atoms with E-state index in [-0.39, 0.29) is 18.2 Å². The average Bonchev–Trinajstić information content (AvgIpc) is 3.12. The monoisotopic (exact) mass is 473 g/mol. The number of fused-ring (bicyclic) bond motifs is 1. The third kappa shape index (κ3) is 4.24. The molecule has 0 N–H and O–H groups in total. The number of imide groups is 1. The lowest BCUT2D eigenvalue weighted by molar-refractivity contribution is -0.121. The number of carbonyl (C=O) groups excluding carboxylic acids is 2. The number of hydrogen-bond donors (Lipinski definition) is 0. The number of hydrogen-bond acceptors (Lipinski definition) is 5. The maximum Gasteiger partial charge on any atom is 0.247 e. The third-order valence-electron chi connectivity index (χ3n) is 5.64. The second-order valence-corrected chi connectivity index (χ2v) is 9.39. The summed E-state index contributed by atoms with van der Waals surface area (Å²) >= 11 is 7.47. The van der Waals surface area contributed by atoms with Gasteiger partial charge in [0.2, 0.25) is 11.8 Å². The molecular weight excluding hydrogens is 454 g/mol. The summed E-state index contributed by atoms with van der Waals surface area (Å²) in [6, 6.07) is 22.8. The van der Waals surface area contributed by atoms with E-state index in [9.17, 15) is 9.59 Å². The smallest absolute Gasteiger partial charge is 0.247 e. The van der Waals surface area contributed by atoms with Crippen molar-refractivity contribution in [3.8, 4) is 11.3 Å². The first-order valence-electron chi connectivity index (χ1n) is 10.7. The number of aromatic nitrogens is 2. The van der Waals surface area contributed by atoms with Gasteiger partial charge in [-0.05, 0) is 42.3 Å². The van der Waals surface area contributed by atoms with Crippen LogP contribution in [-0.2, 0) is 16.0 Å². The Kier molecular flexibility index (Phi) is 5.87. The molecule has 5 rings (SSSR count). The van der Waals surface area contributed by atoms with Crippen LogP contribution in [0.2, 0.25) is 5.02 Å². The highest BCUT2D eigenvalue weighted by molar-refractivity contribution is 8.00. The molecular formula is C26H20ClN3O2S. The summed E-state index contributed by atoms with van der Waals surface area (Å²) in [5, 5.41) is 1.32. The Hall–Kier alpha value is -3.22. The van der Waals surface area contributed by atoms with Crippen LogP contribution in [0.4, 0.5) is 5.69 Å². The van der Waals surface area contributed by atoms with Crippen LogP contribution in [0, 0.1) is 0 Å². The van der Waals surface area contributed by atoms with E-state index < -0.39 is 5.25 Å². The molecule has 1 aliphatic rings. The van der Waals surface area contributed by atoms with Crippen molar-refractivity contribution in [3.05, 3.63) is 83.4 Å². The molecule has 0 spiro atoms. The van der Waals surface area contributed by atoms with Crippen LogP contribution >= 0.6 is 23.4 Å². The summed E-state index contributed by atoms with van der Waals surface area (Å²) < 4.78 is 0. The second kappa shape index (κ2) is 8.96. The molecule has 0 aliphatic carbocycles. The van der Waals surface area contributed by atoms with E-state index in [0.29, 0.717) is 15.9 Å². The lowest BCUT2D eigenvalue weighted by Gasteiger charge is -2.15. The van der Waals surface area contributed by atoms with E-state index in [1.165, 1.54) is 16.7 Å². The van der Waals surface area contributed by atoms with Crippen molar-refractivity contribution in [1.29, 1.82) is 0 Å². The molecule has 2 amide bonds. The van der Waals surface area contributed by atoms with E-state index in [4.69, 9.17) is 16.6 Å². The van der Waals surface area contributed by atoms with Gasteiger partial charge in [-0.25, -0.2) is 14.9 Å². The Balaban J connectivity index is 1.48. The zero-order valence-corrected chi connectivity index (χ0v) is 19.4. The van der Waals surface area contributed by atoms with Crippen molar-refractivity contribution in [1.82, 2.24) is 9.97 Å². The van der Waals surface area contributed by atoms with Gasteiger partial charge >= 0.3 is 0 Å². The summed E-state index contributed by atoms with van der Waals surface area (Å²) in [4.78, 5) is 36.6. The predicted octanol–water partition coefficient (Wildman–Crippen LogP) is 5.94. The lowest BCUT2D eigenvalue weighted by Crippen LogP contribution is -2.31. The molecule has 3 aromatic carbocycles. The number of anilines is 1. The van der Waals surface area contributed by atoms with Crippen LogP contribution < -0.4 is 4.90 Å². The minimum Gasteiger partial charge on any atom is -0.274 e. The maximum atomic E-state index is 13.1. The summed E-state index contributed by atoms with van der Waals surface area (Å²) in [7, 11) is 0. The Morgan fingerprint density at radius 2 is 1.76 bits per heavy atom. The molecule has 164 valence electrons. The summed E-state index contributed by atoms with van der Waals surface area (Å²) in [6.07, 6.45) is 1.01. The molecule has 33 heavy (non-hydrogen) atoms. The Bertz CT molecular complexity index is 1360. The van der Waals surface area contributed by atoms with Gasteiger partial charge in [0.05, 0.1) is 16.9 Å². The largest absolute Gasteiger partial charge is 0.274 e. The van der Waals surface area contributed by atoms with Crippen molar-refractivity contribution in [2.24, 2.45) is 0 Å². The van der Waals surface area contributed by atoms with E-state index in [1.54, 1.807) is 6.07 Å². The lowest BCUT2D eigenvalue weighted by atomic mass is 10.1. The van der Waals surface area contributed by atoms with Crippen molar-refractivity contribution in [3.63, 3.8) is 0 Å². The van der Waals surface area contributed by atoms with E-state index >= 15 is 0 Å². The predicted molar refractivity (Wildman–Crippen MR) is 133 cm³/mol. The fourth-order valence-corrected chi connectivity index (χ4v) is 5.08. The highest BCUT2D eigenvalue weighted by Crippen LogP contribution is 2.36. The maximum absolute atomic E-state index is 13.1. The molecule has 2 heterocycles. The number of nitrogens with zero attached hydrogens (tertiary/aromatic N) is 3. The molecule has 1 atom stereocenters. The van der Waals surface area contributed by atoms with Gasteiger partial charge in [-0.3, -0.25) is 9.59 Å². The van der Waals surface area contributed by atoms with Crippen molar-refractivity contribution >= 4 is 51.8 Å². The van der Waals surface area contributed by atoms with E-state index in [1.807, 2.05) is 66.7 Å². The minimum absolute atomic E-state index is 0.113. The normalized spacial score (nSPS) is 16.1. The molecule has 4 aromatic rings. The fraction of sp³-hybridized carbons (Fsp3) is 0.154. The summed E-state index contributed by atoms with van der Waals surface area (Å²) in [6.45, 7) is 2.06. The first-order chi connectivity index (χ1) is 16.0. The second-order valence-electron chi connectivity index (χ2n) is 7.78. The fourth-order valence-electron chi connectivity index (χ4n) is 3.92. The topological polar surface area (TPSA) is 63.2 Å². The van der Waals surface area contributed by atoms with Crippen molar-refractivity contribution in [2.75, 3.05) is 4.90 Å². The Morgan fingerprint density at radius 3 is 2.48 bits per heavy atom. The van der Waals surface area contributed by atoms with Crippen LogP contribution in [0.3, 0.4) is 0 Å². The van der Waals surface area contributed by atoms with Gasteiger partial charge in [0.1, 0.15) is 5.25 Å². The van der Waals surface area contributed by atoms with Gasteiger partial charge in [0.25, 0.3) is 0 Å². The zero-order valence-electron chi connectivity index (χ0n) is 17.9. The first kappa shape index (κ1) is 21.6. The summed E-state index contributed by atoms with van der Waals surface area (Å²) in [5.74, 6) is -0.451. The molecule has 1 aromatic heterocycles. The molecule has 1 fully saturated rings. The van der Waals surface area contributed by atoms with E-state index in [0.717, 1.165) is 34.1 Å². The molecule has 0 bridgehead atoms. The number of aryl methyl sites for hydroxylation is 1. The Labute approximate surface area is 200 Å². The average molecular weight is 474 g/mol. The zero-order chi connectivity index (χ0) is 22.9. The first-order valence-corrected chi connectivity index (χ1v) is 11.9. The number of amides is 2. The molecule has 1 saturated heterocycles. The van der Waals surface area contributed by atoms with Crippen LogP contribution in [0.1, 0.15) is 18.9 Å². The molecule has 0 saturated carbocycles. The number of halogens is 1. The van der Waals surface area contributed by atoms with Crippen LogP contribution in [0.25, 0.3) is 22.2 Å². The van der Waals surface area contributed by atoms with Crippen LogP contribution in [0.5, 0.6) is 0 Å². The highest BCUT2D eigenvalue weighted by Gasteiger charge is 2.40. The van der Waals surface area contributed by atoms with Crippen molar-refractivity contribution in [2.45, 2.75) is 30.2 Å². The van der Waals surface area contributed by atoms with E-state index in [2.05, 4.69) is 11.9 Å². The third-order valence-corrected chi connectivity index (χ3v) is 6.92. The molecule has 7 heteroatoms. The molecule has 1 unspecified atom stereocenters. The number of thioether (sulfide) groups is 1.